The molecule has 190 valence electrons. The number of carbonyl (C=O) groups is 2. The van der Waals surface area contributed by atoms with Crippen LogP contribution in [0.25, 0.3) is 0 Å². The minimum Gasteiger partial charge on any atom is -0.391 e. The van der Waals surface area contributed by atoms with E-state index in [2.05, 4.69) is 15.6 Å². The first kappa shape index (κ1) is 25.5. The van der Waals surface area contributed by atoms with Crippen LogP contribution in [0.4, 0.5) is 0 Å². The second-order valence-electron chi connectivity index (χ2n) is 10.6. The van der Waals surface area contributed by atoms with E-state index in [1.807, 2.05) is 57.3 Å². The third-order valence-electron chi connectivity index (χ3n) is 6.51. The van der Waals surface area contributed by atoms with Crippen LogP contribution in [0.1, 0.15) is 63.3 Å². The summed E-state index contributed by atoms with van der Waals surface area (Å²) >= 11 is 0. The molecule has 10 heteroatoms. The molecule has 2 fully saturated rings. The highest BCUT2D eigenvalue weighted by molar-refractivity contribution is 7.84. The third-order valence-corrected chi connectivity index (χ3v) is 7.82. The van der Waals surface area contributed by atoms with Crippen molar-refractivity contribution in [2.24, 2.45) is 5.41 Å². The molecular formula is C25H35N5O4S. The predicted molar refractivity (Wildman–Crippen MR) is 133 cm³/mol. The summed E-state index contributed by atoms with van der Waals surface area (Å²) in [6.45, 7) is 6.20. The number of aliphatic hydroxyl groups is 1. The molecular weight excluding hydrogens is 466 g/mol. The standard InChI is InChI=1S/C25H35N5O4S/c1-25(2,3)22(30-15-20(27-28-30)18-9-10-18)24(33)29-14-19(31)13-21(29)23(32)26-11-12-35(34)16-17-7-5-4-6-8-17/h4-8,15,18-19,21-22,31H,9-14,16H2,1-3H3,(H,26,32)/t19-,21+,22-,35?/m1/s1. The molecule has 0 bridgehead atoms. The highest BCUT2D eigenvalue weighted by Gasteiger charge is 2.45. The lowest BCUT2D eigenvalue weighted by Gasteiger charge is -2.34. The third kappa shape index (κ3) is 6.35. The van der Waals surface area contributed by atoms with Crippen molar-refractivity contribution in [3.8, 4) is 0 Å². The summed E-state index contributed by atoms with van der Waals surface area (Å²) < 4.78 is 14.0. The summed E-state index contributed by atoms with van der Waals surface area (Å²) in [5.41, 5.74) is 1.40. The van der Waals surface area contributed by atoms with E-state index in [-0.39, 0.29) is 31.3 Å². The van der Waals surface area contributed by atoms with Gasteiger partial charge in [0.05, 0.1) is 11.8 Å². The van der Waals surface area contributed by atoms with E-state index < -0.39 is 34.4 Å². The van der Waals surface area contributed by atoms with Gasteiger partial charge in [0.25, 0.3) is 0 Å². The van der Waals surface area contributed by atoms with E-state index >= 15 is 0 Å². The van der Waals surface area contributed by atoms with E-state index in [0.29, 0.717) is 17.4 Å². The molecule has 35 heavy (non-hydrogen) atoms. The van der Waals surface area contributed by atoms with Gasteiger partial charge in [-0.1, -0.05) is 56.3 Å². The number of hydrogen-bond donors (Lipinski definition) is 2. The van der Waals surface area contributed by atoms with Gasteiger partial charge in [-0.3, -0.25) is 13.8 Å². The number of benzene rings is 1. The Labute approximate surface area is 208 Å². The number of hydrogen-bond acceptors (Lipinski definition) is 6. The van der Waals surface area contributed by atoms with Crippen LogP contribution >= 0.6 is 0 Å². The van der Waals surface area contributed by atoms with Crippen molar-refractivity contribution in [2.45, 2.75) is 69.9 Å². The molecule has 4 atom stereocenters. The molecule has 2 aromatic rings. The number of aliphatic hydroxyl groups excluding tert-OH is 1. The van der Waals surface area contributed by atoms with Gasteiger partial charge in [-0.15, -0.1) is 5.10 Å². The summed E-state index contributed by atoms with van der Waals surface area (Å²) in [6.07, 6.45) is 3.41. The molecule has 0 radical (unpaired) electrons. The smallest absolute Gasteiger partial charge is 0.248 e. The zero-order valence-corrected chi connectivity index (χ0v) is 21.4. The van der Waals surface area contributed by atoms with Gasteiger partial charge in [-0.05, 0) is 23.8 Å². The van der Waals surface area contributed by atoms with Crippen molar-refractivity contribution < 1.29 is 18.9 Å². The second kappa shape index (κ2) is 10.6. The summed E-state index contributed by atoms with van der Waals surface area (Å²) in [5.74, 6) is 0.569. The second-order valence-corrected chi connectivity index (χ2v) is 12.2. The molecule has 4 rings (SSSR count). The molecule has 2 amide bonds. The van der Waals surface area contributed by atoms with Gasteiger partial charge in [0, 0.05) is 53.9 Å². The van der Waals surface area contributed by atoms with E-state index in [4.69, 9.17) is 0 Å². The lowest BCUT2D eigenvalue weighted by Crippen LogP contribution is -2.50. The maximum atomic E-state index is 13.7. The van der Waals surface area contributed by atoms with Crippen LogP contribution in [0.3, 0.4) is 0 Å². The van der Waals surface area contributed by atoms with Crippen molar-refractivity contribution in [3.63, 3.8) is 0 Å². The van der Waals surface area contributed by atoms with Crippen LogP contribution in [0.2, 0.25) is 0 Å². The molecule has 9 nitrogen and oxygen atoms in total. The highest BCUT2D eigenvalue weighted by Crippen LogP contribution is 2.40. The molecule has 2 heterocycles. The van der Waals surface area contributed by atoms with E-state index in [1.165, 1.54) is 4.90 Å². The van der Waals surface area contributed by atoms with Crippen LogP contribution in [0.5, 0.6) is 0 Å². The van der Waals surface area contributed by atoms with E-state index in [1.54, 1.807) is 4.68 Å². The average molecular weight is 502 g/mol. The van der Waals surface area contributed by atoms with Crippen molar-refractivity contribution in [3.05, 3.63) is 47.8 Å². The molecule has 2 aliphatic rings. The average Bonchev–Trinajstić information content (AvgIpc) is 3.40. The van der Waals surface area contributed by atoms with Gasteiger partial charge in [0.2, 0.25) is 11.8 Å². The first-order valence-corrected chi connectivity index (χ1v) is 13.7. The predicted octanol–water partition coefficient (Wildman–Crippen LogP) is 1.77. The Morgan fingerprint density at radius 1 is 1.23 bits per heavy atom. The number of β-amino-alcohol motifs (C(OH)–C–C–N with tert-alkyl or cyclic N) is 1. The molecule has 1 unspecified atom stereocenters. The number of likely N-dealkylation sites (tertiary alicyclic amines) is 1. The number of aromatic nitrogens is 3. The molecule has 1 aromatic heterocycles. The van der Waals surface area contributed by atoms with Crippen LogP contribution in [0.15, 0.2) is 36.5 Å². The lowest BCUT2D eigenvalue weighted by atomic mass is 9.85. The number of rotatable bonds is 9. The van der Waals surface area contributed by atoms with Gasteiger partial charge in [-0.25, -0.2) is 4.68 Å². The fourth-order valence-corrected chi connectivity index (χ4v) is 5.60. The van der Waals surface area contributed by atoms with Gasteiger partial charge in [0.15, 0.2) is 0 Å². The van der Waals surface area contributed by atoms with Crippen LogP contribution in [-0.4, -0.2) is 72.0 Å². The molecule has 0 spiro atoms. The molecule has 1 aliphatic heterocycles. The Kier molecular flexibility index (Phi) is 7.70. The Balaban J connectivity index is 1.39. The molecule has 1 saturated carbocycles. The number of carbonyl (C=O) groups excluding carboxylic acids is 2. The first-order valence-electron chi connectivity index (χ1n) is 12.2. The molecule has 1 aliphatic carbocycles. The maximum absolute atomic E-state index is 13.7. The summed E-state index contributed by atoms with van der Waals surface area (Å²) in [4.78, 5) is 28.2. The van der Waals surface area contributed by atoms with E-state index in [0.717, 1.165) is 24.1 Å². The number of amides is 2. The monoisotopic (exact) mass is 501 g/mol. The zero-order valence-electron chi connectivity index (χ0n) is 20.6. The molecule has 2 N–H and O–H groups in total. The SMILES string of the molecule is CC(C)(C)[C@@H](C(=O)N1C[C@H](O)C[C@H]1C(=O)NCCS(=O)Cc1ccccc1)n1cc(C2CC2)nn1. The zero-order chi connectivity index (χ0) is 25.2. The molecule has 1 saturated heterocycles. The maximum Gasteiger partial charge on any atom is 0.248 e. The van der Waals surface area contributed by atoms with Gasteiger partial charge in [-0.2, -0.15) is 0 Å². The quantitative estimate of drug-likeness (QED) is 0.541. The minimum atomic E-state index is -1.12. The van der Waals surface area contributed by atoms with E-state index in [9.17, 15) is 18.9 Å². The molecule has 1 aromatic carbocycles. The number of nitrogens with one attached hydrogen (secondary N) is 1. The minimum absolute atomic E-state index is 0.0909. The van der Waals surface area contributed by atoms with Crippen molar-refractivity contribution in [1.29, 1.82) is 0 Å². The lowest BCUT2D eigenvalue weighted by molar-refractivity contribution is -0.144. The summed E-state index contributed by atoms with van der Waals surface area (Å²) in [5, 5.41) is 21.7. The van der Waals surface area contributed by atoms with Crippen molar-refractivity contribution in [2.75, 3.05) is 18.8 Å². The van der Waals surface area contributed by atoms with Gasteiger partial charge >= 0.3 is 0 Å². The highest BCUT2D eigenvalue weighted by atomic mass is 32.2. The fraction of sp³-hybridized carbons (Fsp3) is 0.600. The van der Waals surface area contributed by atoms with Crippen LogP contribution in [0, 0.1) is 5.41 Å². The summed E-state index contributed by atoms with van der Waals surface area (Å²) in [7, 11) is -1.12. The van der Waals surface area contributed by atoms with Gasteiger partial charge < -0.3 is 15.3 Å². The fourth-order valence-electron chi connectivity index (χ4n) is 4.56. The normalized spacial score (nSPS) is 22.1. The van der Waals surface area contributed by atoms with Gasteiger partial charge in [0.1, 0.15) is 12.1 Å². The van der Waals surface area contributed by atoms with Crippen LogP contribution in [-0.2, 0) is 26.1 Å². The Hall–Kier alpha value is -2.59. The van der Waals surface area contributed by atoms with Crippen LogP contribution < -0.4 is 5.32 Å². The topological polar surface area (TPSA) is 117 Å². The largest absolute Gasteiger partial charge is 0.391 e. The Morgan fingerprint density at radius 2 is 1.94 bits per heavy atom. The summed E-state index contributed by atoms with van der Waals surface area (Å²) in [6, 6.07) is 8.14. The van der Waals surface area contributed by atoms with Crippen molar-refractivity contribution in [1.82, 2.24) is 25.2 Å². The Bertz CT molecular complexity index is 1060. The van der Waals surface area contributed by atoms with Crippen molar-refractivity contribution >= 4 is 22.6 Å². The Morgan fingerprint density at radius 3 is 2.60 bits per heavy atom. The number of nitrogens with zero attached hydrogens (tertiary/aromatic N) is 4. The first-order chi connectivity index (χ1) is 16.6.